The standard InChI is InChI=1S/C28H50N2O8/c1-10-35-23(31)14-21(25(33)37-12-3)29(8)19-28(7)17-20(16-27(5,6)18-28)30(9)22(26(34)38-13-4)15-24(32)36-11-2/h20-22H,10-19H2,1-9H3. The second-order valence-corrected chi connectivity index (χ2v) is 11.3. The Labute approximate surface area is 228 Å². The lowest BCUT2D eigenvalue weighted by atomic mass is 9.62. The number of likely N-dealkylation sites (N-methyl/N-ethyl adjacent to an activating group) is 2. The molecule has 0 saturated heterocycles. The van der Waals surface area contributed by atoms with Gasteiger partial charge in [-0.05, 0) is 71.9 Å². The van der Waals surface area contributed by atoms with Crippen LogP contribution in [0.25, 0.3) is 0 Å². The molecular formula is C28H50N2O8. The van der Waals surface area contributed by atoms with E-state index in [-0.39, 0.29) is 56.1 Å². The van der Waals surface area contributed by atoms with E-state index >= 15 is 0 Å². The molecule has 1 aliphatic carbocycles. The molecule has 0 spiro atoms. The van der Waals surface area contributed by atoms with Gasteiger partial charge in [-0.2, -0.15) is 0 Å². The van der Waals surface area contributed by atoms with E-state index in [9.17, 15) is 19.2 Å². The van der Waals surface area contributed by atoms with Crippen LogP contribution >= 0.6 is 0 Å². The maximum absolute atomic E-state index is 12.9. The fourth-order valence-electron chi connectivity index (χ4n) is 6.00. The molecule has 0 heterocycles. The monoisotopic (exact) mass is 542 g/mol. The summed E-state index contributed by atoms with van der Waals surface area (Å²) in [6.45, 7) is 15.0. The van der Waals surface area contributed by atoms with Crippen molar-refractivity contribution in [3.05, 3.63) is 0 Å². The Morgan fingerprint density at radius 2 is 1.18 bits per heavy atom. The maximum atomic E-state index is 12.9. The van der Waals surface area contributed by atoms with E-state index in [1.165, 1.54) is 0 Å². The zero-order valence-electron chi connectivity index (χ0n) is 25.0. The lowest BCUT2D eigenvalue weighted by Crippen LogP contribution is -2.55. The molecule has 4 atom stereocenters. The molecular weight excluding hydrogens is 492 g/mol. The molecule has 220 valence electrons. The second kappa shape index (κ2) is 15.4. The molecule has 38 heavy (non-hydrogen) atoms. The number of hydrogen-bond donors (Lipinski definition) is 0. The van der Waals surface area contributed by atoms with Crippen molar-refractivity contribution in [3.63, 3.8) is 0 Å². The van der Waals surface area contributed by atoms with Crippen LogP contribution in [0.4, 0.5) is 0 Å². The Morgan fingerprint density at radius 3 is 1.66 bits per heavy atom. The highest BCUT2D eigenvalue weighted by atomic mass is 16.5. The molecule has 0 aliphatic heterocycles. The highest BCUT2D eigenvalue weighted by molar-refractivity contribution is 5.83. The van der Waals surface area contributed by atoms with Gasteiger partial charge in [-0.1, -0.05) is 20.8 Å². The summed E-state index contributed by atoms with van der Waals surface area (Å²) >= 11 is 0. The Morgan fingerprint density at radius 1 is 0.737 bits per heavy atom. The van der Waals surface area contributed by atoms with E-state index in [4.69, 9.17) is 18.9 Å². The zero-order valence-corrected chi connectivity index (χ0v) is 25.0. The number of hydrogen-bond acceptors (Lipinski definition) is 10. The second-order valence-electron chi connectivity index (χ2n) is 11.3. The Kier molecular flexibility index (Phi) is 13.7. The van der Waals surface area contributed by atoms with Crippen LogP contribution in [0.5, 0.6) is 0 Å². The molecule has 0 amide bonds. The largest absolute Gasteiger partial charge is 0.466 e. The first kappa shape index (κ1) is 33.8. The van der Waals surface area contributed by atoms with Gasteiger partial charge in [0.1, 0.15) is 12.1 Å². The van der Waals surface area contributed by atoms with Gasteiger partial charge >= 0.3 is 23.9 Å². The van der Waals surface area contributed by atoms with E-state index in [1.54, 1.807) is 27.7 Å². The third-order valence-corrected chi connectivity index (χ3v) is 7.10. The predicted octanol–water partition coefficient (Wildman–Crippen LogP) is 3.20. The van der Waals surface area contributed by atoms with Crippen molar-refractivity contribution in [2.24, 2.45) is 10.8 Å². The topological polar surface area (TPSA) is 112 Å². The molecule has 1 fully saturated rings. The quantitative estimate of drug-likeness (QED) is 0.226. The minimum absolute atomic E-state index is 0.0212. The lowest BCUT2D eigenvalue weighted by molar-refractivity contribution is -0.158. The maximum Gasteiger partial charge on any atom is 0.323 e. The summed E-state index contributed by atoms with van der Waals surface area (Å²) in [6.07, 6.45) is 2.26. The Bertz CT molecular complexity index is 802. The number of nitrogens with zero attached hydrogens (tertiary/aromatic N) is 2. The van der Waals surface area contributed by atoms with Crippen LogP contribution < -0.4 is 0 Å². The van der Waals surface area contributed by atoms with Crippen LogP contribution in [0.3, 0.4) is 0 Å². The van der Waals surface area contributed by atoms with Crippen LogP contribution in [0.1, 0.15) is 80.6 Å². The summed E-state index contributed by atoms with van der Waals surface area (Å²) in [4.78, 5) is 54.1. The van der Waals surface area contributed by atoms with E-state index in [0.29, 0.717) is 6.54 Å². The van der Waals surface area contributed by atoms with Crippen molar-refractivity contribution in [2.45, 2.75) is 98.7 Å². The molecule has 0 radical (unpaired) electrons. The van der Waals surface area contributed by atoms with Crippen molar-refractivity contribution in [2.75, 3.05) is 47.1 Å². The molecule has 0 aromatic carbocycles. The third-order valence-electron chi connectivity index (χ3n) is 7.10. The minimum Gasteiger partial charge on any atom is -0.466 e. The molecule has 4 unspecified atom stereocenters. The molecule has 10 heteroatoms. The summed E-state index contributed by atoms with van der Waals surface area (Å²) in [5.74, 6) is -1.78. The molecule has 1 saturated carbocycles. The van der Waals surface area contributed by atoms with Gasteiger partial charge in [0.15, 0.2) is 0 Å². The minimum atomic E-state index is -0.761. The fraction of sp³-hybridized carbons (Fsp3) is 0.857. The number of esters is 4. The summed E-state index contributed by atoms with van der Waals surface area (Å²) in [5.41, 5.74) is -0.325. The summed E-state index contributed by atoms with van der Waals surface area (Å²) in [5, 5.41) is 0. The zero-order chi connectivity index (χ0) is 29.1. The first-order valence-corrected chi connectivity index (χ1v) is 13.8. The van der Waals surface area contributed by atoms with E-state index in [2.05, 4.69) is 20.8 Å². The lowest BCUT2D eigenvalue weighted by Gasteiger charge is -2.51. The van der Waals surface area contributed by atoms with Crippen molar-refractivity contribution in [3.8, 4) is 0 Å². The normalized spacial score (nSPS) is 22.4. The smallest absolute Gasteiger partial charge is 0.323 e. The third kappa shape index (κ3) is 10.5. The molecule has 10 nitrogen and oxygen atoms in total. The molecule has 1 aliphatic rings. The highest BCUT2D eigenvalue weighted by Gasteiger charge is 2.46. The summed E-state index contributed by atoms with van der Waals surface area (Å²) in [7, 11) is 3.69. The molecule has 0 bridgehead atoms. The van der Waals surface area contributed by atoms with Gasteiger partial charge < -0.3 is 18.9 Å². The van der Waals surface area contributed by atoms with E-state index in [0.717, 1.165) is 19.3 Å². The molecule has 0 aromatic rings. The van der Waals surface area contributed by atoms with E-state index in [1.807, 2.05) is 23.9 Å². The van der Waals surface area contributed by atoms with Gasteiger partial charge in [-0.3, -0.25) is 29.0 Å². The van der Waals surface area contributed by atoms with Crippen LogP contribution in [0.2, 0.25) is 0 Å². The van der Waals surface area contributed by atoms with Gasteiger partial charge in [0.2, 0.25) is 0 Å². The number of ether oxygens (including phenoxy) is 4. The first-order valence-electron chi connectivity index (χ1n) is 13.8. The fourth-order valence-corrected chi connectivity index (χ4v) is 6.00. The molecule has 0 aromatic heterocycles. The van der Waals surface area contributed by atoms with Crippen molar-refractivity contribution < 1.29 is 38.1 Å². The average molecular weight is 543 g/mol. The van der Waals surface area contributed by atoms with E-state index < -0.39 is 36.0 Å². The predicted molar refractivity (Wildman–Crippen MR) is 143 cm³/mol. The van der Waals surface area contributed by atoms with Gasteiger partial charge in [0, 0.05) is 12.6 Å². The first-order chi connectivity index (χ1) is 17.7. The summed E-state index contributed by atoms with van der Waals surface area (Å²) in [6, 6.07) is -1.54. The molecule has 1 rings (SSSR count). The van der Waals surface area contributed by atoms with Crippen LogP contribution in [0, 0.1) is 10.8 Å². The Hall–Kier alpha value is -2.20. The van der Waals surface area contributed by atoms with Crippen molar-refractivity contribution in [1.29, 1.82) is 0 Å². The molecule has 0 N–H and O–H groups in total. The van der Waals surface area contributed by atoms with Gasteiger partial charge in [-0.15, -0.1) is 0 Å². The van der Waals surface area contributed by atoms with Gasteiger partial charge in [0.25, 0.3) is 0 Å². The number of carbonyl (C=O) groups excluding carboxylic acids is 4. The highest BCUT2D eigenvalue weighted by Crippen LogP contribution is 2.48. The number of carbonyl (C=O) groups is 4. The van der Waals surface area contributed by atoms with Gasteiger partial charge in [0.05, 0.1) is 39.3 Å². The van der Waals surface area contributed by atoms with Crippen LogP contribution in [0.15, 0.2) is 0 Å². The average Bonchev–Trinajstić information content (AvgIpc) is 2.79. The Balaban J connectivity index is 3.20. The SMILES string of the molecule is CCOC(=O)CC(C(=O)OCC)N(C)CC1(C)CC(N(C)C(CC(=O)OCC)C(=O)OCC)CC(C)(C)C1. The van der Waals surface area contributed by atoms with Crippen LogP contribution in [-0.4, -0.2) is 98.9 Å². The summed E-state index contributed by atoms with van der Waals surface area (Å²) < 4.78 is 20.8. The van der Waals surface area contributed by atoms with Crippen molar-refractivity contribution >= 4 is 23.9 Å². The van der Waals surface area contributed by atoms with Crippen LogP contribution in [-0.2, 0) is 38.1 Å². The number of rotatable bonds is 15. The van der Waals surface area contributed by atoms with Gasteiger partial charge in [-0.25, -0.2) is 0 Å². The van der Waals surface area contributed by atoms with Crippen molar-refractivity contribution in [1.82, 2.24) is 9.80 Å².